The van der Waals surface area contributed by atoms with Crippen molar-refractivity contribution < 1.29 is 67.7 Å². The number of ether oxygens (including phenoxy) is 6. The molecule has 3 fully saturated rings. The summed E-state index contributed by atoms with van der Waals surface area (Å²) in [6, 6.07) is 14.8. The molecule has 2 unspecified atom stereocenters. The van der Waals surface area contributed by atoms with Gasteiger partial charge in [-0.3, -0.25) is 9.59 Å². The quantitative estimate of drug-likeness (QED) is 0.115. The van der Waals surface area contributed by atoms with Gasteiger partial charge in [-0.1, -0.05) is 62.4 Å². The minimum absolute atomic E-state index is 0.00129. The predicted octanol–water partition coefficient (Wildman–Crippen LogP) is 4.12. The normalized spacial score (nSPS) is 33.0. The topological polar surface area (TPSA) is 213 Å². The van der Waals surface area contributed by atoms with Gasteiger partial charge in [0.05, 0.1) is 42.0 Å². The van der Waals surface area contributed by atoms with Gasteiger partial charge in [0.25, 0.3) is 0 Å². The molecule has 2 aromatic rings. The molecule has 1 saturated heterocycles. The van der Waals surface area contributed by atoms with E-state index in [0.29, 0.717) is 5.56 Å². The second-order valence-electron chi connectivity index (χ2n) is 17.9. The minimum atomic E-state index is -2.31. The van der Waals surface area contributed by atoms with E-state index in [1.54, 1.807) is 97.0 Å². The summed E-state index contributed by atoms with van der Waals surface area (Å²) in [5.74, 6) is -4.98. The fourth-order valence-electron chi connectivity index (χ4n) is 9.90. The molecule has 3 aliphatic carbocycles. The maximum absolute atomic E-state index is 15.3. The molecular weight excluding hydrogens is 797 g/mol. The van der Waals surface area contributed by atoms with Gasteiger partial charge in [0.2, 0.25) is 0 Å². The number of esters is 3. The van der Waals surface area contributed by atoms with Crippen molar-refractivity contribution in [3.05, 3.63) is 82.9 Å². The highest BCUT2D eigenvalue weighted by Gasteiger charge is 2.78. The molecular formula is C44H56NO14P. The van der Waals surface area contributed by atoms with Crippen molar-refractivity contribution in [2.45, 2.75) is 128 Å². The zero-order valence-corrected chi connectivity index (χ0v) is 36.3. The number of nitrogens with one attached hydrogen (secondary N) is 1. The Morgan fingerprint density at radius 2 is 1.62 bits per heavy atom. The first-order chi connectivity index (χ1) is 28.0. The number of hydrogen-bond donors (Lipinski definition) is 4. The summed E-state index contributed by atoms with van der Waals surface area (Å²) in [5.41, 5.74) is -7.60. The van der Waals surface area contributed by atoms with Crippen LogP contribution in [-0.2, 0) is 42.8 Å². The molecule has 326 valence electrons. The van der Waals surface area contributed by atoms with E-state index >= 15 is 4.79 Å². The highest BCUT2D eigenvalue weighted by atomic mass is 31.0. The largest absolute Gasteiger partial charge is 0.456 e. The summed E-state index contributed by atoms with van der Waals surface area (Å²) >= 11 is 0. The number of ketones is 1. The van der Waals surface area contributed by atoms with E-state index in [1.165, 1.54) is 19.1 Å². The molecule has 15 nitrogen and oxygen atoms in total. The number of hydrogen-bond acceptors (Lipinski definition) is 14. The third kappa shape index (κ3) is 7.77. The molecule has 2 bridgehead atoms. The van der Waals surface area contributed by atoms with Crippen molar-refractivity contribution in [1.29, 1.82) is 0 Å². The number of aliphatic hydroxyl groups excluding tert-OH is 2. The molecule has 0 aromatic heterocycles. The molecule has 6 rings (SSSR count). The smallest absolute Gasteiger partial charge is 0.408 e. The summed E-state index contributed by atoms with van der Waals surface area (Å²) < 4.78 is 36.2. The monoisotopic (exact) mass is 853 g/mol. The molecule has 1 aliphatic heterocycles. The van der Waals surface area contributed by atoms with E-state index < -0.39 is 112 Å². The SMILES string of the molecule is CC(=O)O[C@@]12CO[C@@H]1C[C@H](OCP)[C@@]1(C)C(=O)[C@H](O)C3=C(C)[C@@H](OC(=O)[C@H](O)C(NC(=O)OC(C)(C)C)c4ccccc4)C[C@@](O)([C@@H](OC(=O)c4ccccc4)[C@H]21)C3(C)C. The van der Waals surface area contributed by atoms with Crippen LogP contribution >= 0.6 is 9.24 Å². The number of benzene rings is 2. The second-order valence-corrected chi connectivity index (χ2v) is 18.2. The third-order valence-corrected chi connectivity index (χ3v) is 13.0. The predicted molar refractivity (Wildman–Crippen MR) is 217 cm³/mol. The highest BCUT2D eigenvalue weighted by molar-refractivity contribution is 7.16. The Labute approximate surface area is 351 Å². The molecule has 0 radical (unpaired) electrons. The van der Waals surface area contributed by atoms with E-state index in [-0.39, 0.29) is 36.1 Å². The summed E-state index contributed by atoms with van der Waals surface area (Å²) in [4.78, 5) is 69.7. The molecule has 0 spiro atoms. The maximum atomic E-state index is 15.3. The Morgan fingerprint density at radius 1 is 1.00 bits per heavy atom. The highest BCUT2D eigenvalue weighted by Crippen LogP contribution is 2.64. The van der Waals surface area contributed by atoms with E-state index in [1.807, 2.05) is 0 Å². The van der Waals surface area contributed by atoms with Crippen LogP contribution in [0.2, 0.25) is 0 Å². The number of amides is 1. The van der Waals surface area contributed by atoms with Gasteiger partial charge in [-0.05, 0) is 63.5 Å². The Morgan fingerprint density at radius 3 is 2.17 bits per heavy atom. The summed E-state index contributed by atoms with van der Waals surface area (Å²) in [6.45, 7) is 12.2. The van der Waals surface area contributed by atoms with E-state index in [4.69, 9.17) is 28.4 Å². The van der Waals surface area contributed by atoms with Crippen LogP contribution in [0.1, 0.15) is 90.2 Å². The molecule has 4 N–H and O–H groups in total. The fourth-order valence-corrected chi connectivity index (χ4v) is 10.1. The van der Waals surface area contributed by atoms with Gasteiger partial charge >= 0.3 is 24.0 Å². The van der Waals surface area contributed by atoms with Gasteiger partial charge in [-0.25, -0.2) is 14.4 Å². The van der Waals surface area contributed by atoms with E-state index in [9.17, 15) is 34.5 Å². The standard InChI is InChI=1S/C44H56NO14P/c1-23-27(56-38(51)33(48)31(25-15-11-9-12-16-25)45-39(52)59-40(3,4)5)20-44(53)36(57-37(50)26-17-13-10-14-18-26)34-42(8,35(49)32(47)30(23)41(44,6)7)28(55-22-60)19-29-43(34,21-54-29)58-24(2)46/h9-18,27-29,31-34,36,47-48,53H,19-22,60H2,1-8H3,(H,45,52)/t27-,28-,29+,31?,32+,33+,34-,36-,42+,43-,44+/m0/s1. The minimum Gasteiger partial charge on any atom is -0.456 e. The van der Waals surface area contributed by atoms with Gasteiger partial charge in [0, 0.05) is 25.2 Å². The van der Waals surface area contributed by atoms with Crippen molar-refractivity contribution in [3.63, 3.8) is 0 Å². The zero-order valence-electron chi connectivity index (χ0n) is 35.1. The van der Waals surface area contributed by atoms with Crippen molar-refractivity contribution in [1.82, 2.24) is 5.32 Å². The first-order valence-corrected chi connectivity index (χ1v) is 20.8. The number of Topliss-reactive ketones (excluding diaryl/α,β-unsaturated/α-hetero) is 1. The number of carbonyl (C=O) groups excluding carboxylic acids is 5. The Kier molecular flexibility index (Phi) is 12.5. The lowest BCUT2D eigenvalue weighted by Crippen LogP contribution is -2.82. The van der Waals surface area contributed by atoms with Gasteiger partial charge in [-0.15, -0.1) is 9.24 Å². The van der Waals surface area contributed by atoms with Crippen molar-refractivity contribution in [3.8, 4) is 0 Å². The molecule has 16 heteroatoms. The van der Waals surface area contributed by atoms with Crippen LogP contribution in [0.3, 0.4) is 0 Å². The van der Waals surface area contributed by atoms with Crippen LogP contribution in [-0.4, -0.2) is 111 Å². The van der Waals surface area contributed by atoms with Crippen molar-refractivity contribution >= 4 is 39.0 Å². The number of rotatable bonds is 10. The molecule has 12 atom stereocenters. The van der Waals surface area contributed by atoms with Crippen molar-refractivity contribution in [2.75, 3.05) is 13.0 Å². The summed E-state index contributed by atoms with van der Waals surface area (Å²) in [6.07, 6.45) is -10.3. The van der Waals surface area contributed by atoms with Crippen LogP contribution in [0.25, 0.3) is 0 Å². The van der Waals surface area contributed by atoms with Crippen LogP contribution in [0.5, 0.6) is 0 Å². The molecule has 1 heterocycles. The van der Waals surface area contributed by atoms with Crippen molar-refractivity contribution in [2.24, 2.45) is 16.7 Å². The molecule has 2 saturated carbocycles. The number of carbonyl (C=O) groups is 5. The van der Waals surface area contributed by atoms with Gasteiger partial charge in [-0.2, -0.15) is 0 Å². The first kappa shape index (κ1) is 45.3. The summed E-state index contributed by atoms with van der Waals surface area (Å²) in [7, 11) is 2.43. The number of aliphatic hydroxyl groups is 3. The Bertz CT molecular complexity index is 2020. The molecule has 60 heavy (non-hydrogen) atoms. The van der Waals surface area contributed by atoms with Crippen LogP contribution in [0.4, 0.5) is 4.79 Å². The van der Waals surface area contributed by atoms with Gasteiger partial charge in [0.15, 0.2) is 17.5 Å². The lowest BCUT2D eigenvalue weighted by atomic mass is 9.44. The lowest BCUT2D eigenvalue weighted by molar-refractivity contribution is -0.347. The second kappa shape index (κ2) is 16.6. The molecule has 1 amide bonds. The molecule has 4 aliphatic rings. The Balaban J connectivity index is 1.51. The van der Waals surface area contributed by atoms with Crippen LogP contribution < -0.4 is 5.32 Å². The number of alkyl carbamates (subject to hydrolysis) is 1. The Hall–Kier alpha value is -4.24. The molecule has 2 aromatic carbocycles. The number of fused-ring (bicyclic) bond motifs is 5. The first-order valence-electron chi connectivity index (χ1n) is 20.0. The summed E-state index contributed by atoms with van der Waals surface area (Å²) in [5, 5.41) is 40.2. The average molecular weight is 854 g/mol. The van der Waals surface area contributed by atoms with Crippen LogP contribution in [0.15, 0.2) is 71.8 Å². The average Bonchev–Trinajstić information content (AvgIpc) is 3.17. The van der Waals surface area contributed by atoms with Crippen LogP contribution in [0, 0.1) is 16.7 Å². The lowest BCUT2D eigenvalue weighted by Gasteiger charge is -2.67. The zero-order chi connectivity index (χ0) is 44.2. The van der Waals surface area contributed by atoms with E-state index in [2.05, 4.69) is 14.6 Å². The maximum Gasteiger partial charge on any atom is 0.408 e. The fraction of sp³-hybridized carbons (Fsp3) is 0.568. The van der Waals surface area contributed by atoms with Gasteiger partial charge in [0.1, 0.15) is 35.6 Å². The van der Waals surface area contributed by atoms with Gasteiger partial charge < -0.3 is 49.1 Å². The third-order valence-electron chi connectivity index (χ3n) is 12.8. The van der Waals surface area contributed by atoms with E-state index in [0.717, 1.165) is 0 Å².